The third kappa shape index (κ3) is 8.36. The van der Waals surface area contributed by atoms with Gasteiger partial charge >= 0.3 is 0 Å². The van der Waals surface area contributed by atoms with E-state index in [1.165, 1.54) is 4.90 Å². The van der Waals surface area contributed by atoms with E-state index >= 15 is 0 Å². The van der Waals surface area contributed by atoms with E-state index < -0.39 is 34.1 Å². The standard InChI is InChI=1S/C28H41N3O4S/c1-20-10-12-22(13-11-20)18-30(21(2)26(33)29-28(6,7)8)25(32)19-31(36(9,34)35)24-16-14-23(15-17-24)27(3,4)5/h10-17,21H,18-19H2,1-9H3,(H,29,33). The molecular formula is C28H41N3O4S. The average molecular weight is 516 g/mol. The molecule has 2 rings (SSSR count). The number of carbonyl (C=O) groups is 2. The predicted octanol–water partition coefficient (Wildman–Crippen LogP) is 4.39. The molecule has 0 heterocycles. The van der Waals surface area contributed by atoms with Gasteiger partial charge in [-0.05, 0) is 63.3 Å². The molecule has 2 aromatic carbocycles. The molecule has 7 nitrogen and oxygen atoms in total. The van der Waals surface area contributed by atoms with Gasteiger partial charge in [-0.2, -0.15) is 0 Å². The molecule has 36 heavy (non-hydrogen) atoms. The number of benzene rings is 2. The van der Waals surface area contributed by atoms with Crippen molar-refractivity contribution >= 4 is 27.5 Å². The highest BCUT2D eigenvalue weighted by atomic mass is 32.2. The van der Waals surface area contributed by atoms with E-state index in [0.717, 1.165) is 27.3 Å². The SMILES string of the molecule is Cc1ccc(CN(C(=O)CN(c2ccc(C(C)(C)C)cc2)S(C)(=O)=O)C(C)C(=O)NC(C)(C)C)cc1. The number of carbonyl (C=O) groups excluding carboxylic acids is 2. The van der Waals surface area contributed by atoms with Gasteiger partial charge in [0.2, 0.25) is 21.8 Å². The second-order valence-corrected chi connectivity index (χ2v) is 13.4. The van der Waals surface area contributed by atoms with Crippen LogP contribution in [-0.2, 0) is 31.6 Å². The zero-order chi connectivity index (χ0) is 27.5. The molecule has 0 spiro atoms. The fourth-order valence-electron chi connectivity index (χ4n) is 3.69. The van der Waals surface area contributed by atoms with E-state index in [-0.39, 0.29) is 17.9 Å². The van der Waals surface area contributed by atoms with E-state index in [0.29, 0.717) is 5.69 Å². The average Bonchev–Trinajstić information content (AvgIpc) is 2.74. The fourth-order valence-corrected chi connectivity index (χ4v) is 4.54. The number of aryl methyl sites for hydroxylation is 1. The summed E-state index contributed by atoms with van der Waals surface area (Å²) in [6.45, 7) is 15.2. The van der Waals surface area contributed by atoms with Gasteiger partial charge in [-0.3, -0.25) is 13.9 Å². The summed E-state index contributed by atoms with van der Waals surface area (Å²) in [5.74, 6) is -0.763. The summed E-state index contributed by atoms with van der Waals surface area (Å²) < 4.78 is 26.6. The molecule has 198 valence electrons. The van der Waals surface area contributed by atoms with Crippen LogP contribution in [0.2, 0.25) is 0 Å². The lowest BCUT2D eigenvalue weighted by Crippen LogP contribution is -2.54. The monoisotopic (exact) mass is 515 g/mol. The van der Waals surface area contributed by atoms with E-state index in [4.69, 9.17) is 0 Å². The van der Waals surface area contributed by atoms with Gasteiger partial charge in [0.15, 0.2) is 0 Å². The second kappa shape index (κ2) is 11.0. The Morgan fingerprint density at radius 3 is 1.89 bits per heavy atom. The van der Waals surface area contributed by atoms with Crippen LogP contribution in [0, 0.1) is 6.92 Å². The van der Waals surface area contributed by atoms with E-state index in [1.54, 1.807) is 19.1 Å². The minimum absolute atomic E-state index is 0.0923. The Labute approximate surface area is 216 Å². The summed E-state index contributed by atoms with van der Waals surface area (Å²) in [6.07, 6.45) is 1.08. The minimum Gasteiger partial charge on any atom is -0.350 e. The highest BCUT2D eigenvalue weighted by molar-refractivity contribution is 7.92. The van der Waals surface area contributed by atoms with E-state index in [9.17, 15) is 18.0 Å². The number of rotatable bonds is 8. The molecule has 0 fully saturated rings. The number of sulfonamides is 1. The van der Waals surface area contributed by atoms with E-state index in [1.807, 2.05) is 64.1 Å². The van der Waals surface area contributed by atoms with Crippen LogP contribution in [0.15, 0.2) is 48.5 Å². The van der Waals surface area contributed by atoms with Gasteiger partial charge in [-0.25, -0.2) is 8.42 Å². The minimum atomic E-state index is -3.76. The van der Waals surface area contributed by atoms with Gasteiger partial charge in [0.1, 0.15) is 12.6 Å². The predicted molar refractivity (Wildman–Crippen MR) is 146 cm³/mol. The van der Waals surface area contributed by atoms with Crippen LogP contribution in [-0.4, -0.2) is 49.5 Å². The van der Waals surface area contributed by atoms with Crippen molar-refractivity contribution in [3.8, 4) is 0 Å². The van der Waals surface area contributed by atoms with Crippen molar-refractivity contribution in [1.82, 2.24) is 10.2 Å². The maximum Gasteiger partial charge on any atom is 0.244 e. The summed E-state index contributed by atoms with van der Waals surface area (Å²) in [5.41, 5.74) is 2.82. The molecule has 0 bridgehead atoms. The maximum absolute atomic E-state index is 13.6. The molecule has 0 saturated heterocycles. The van der Waals surface area contributed by atoms with Crippen LogP contribution in [0.1, 0.15) is 65.2 Å². The van der Waals surface area contributed by atoms with Crippen LogP contribution in [0.4, 0.5) is 5.69 Å². The molecule has 0 aliphatic heterocycles. The van der Waals surface area contributed by atoms with Crippen LogP contribution < -0.4 is 9.62 Å². The lowest BCUT2D eigenvalue weighted by atomic mass is 9.87. The van der Waals surface area contributed by atoms with Crippen molar-refractivity contribution in [3.05, 3.63) is 65.2 Å². The van der Waals surface area contributed by atoms with Crippen LogP contribution in [0.25, 0.3) is 0 Å². The number of nitrogens with zero attached hydrogens (tertiary/aromatic N) is 2. The Morgan fingerprint density at radius 2 is 1.44 bits per heavy atom. The highest BCUT2D eigenvalue weighted by Gasteiger charge is 2.31. The van der Waals surface area contributed by atoms with Crippen LogP contribution in [0.3, 0.4) is 0 Å². The van der Waals surface area contributed by atoms with Gasteiger partial charge in [-0.1, -0.05) is 62.7 Å². The summed E-state index contributed by atoms with van der Waals surface area (Å²) >= 11 is 0. The number of hydrogen-bond donors (Lipinski definition) is 1. The number of nitrogens with one attached hydrogen (secondary N) is 1. The first-order chi connectivity index (χ1) is 16.4. The fraction of sp³-hybridized carbons (Fsp3) is 0.500. The zero-order valence-electron chi connectivity index (χ0n) is 23.0. The van der Waals surface area contributed by atoms with Gasteiger partial charge in [0.25, 0.3) is 0 Å². The molecule has 0 aromatic heterocycles. The number of anilines is 1. The largest absolute Gasteiger partial charge is 0.350 e. The number of amides is 2. The molecule has 1 N–H and O–H groups in total. The first kappa shape index (κ1) is 29.4. The highest BCUT2D eigenvalue weighted by Crippen LogP contribution is 2.26. The maximum atomic E-state index is 13.6. The Balaban J connectivity index is 2.41. The Kier molecular flexibility index (Phi) is 9.00. The molecule has 2 amide bonds. The van der Waals surface area contributed by atoms with Crippen molar-refractivity contribution in [3.63, 3.8) is 0 Å². The van der Waals surface area contributed by atoms with Crippen molar-refractivity contribution in [2.45, 2.75) is 78.9 Å². The summed E-state index contributed by atoms with van der Waals surface area (Å²) in [7, 11) is -3.76. The summed E-state index contributed by atoms with van der Waals surface area (Å²) in [5, 5.41) is 2.92. The van der Waals surface area contributed by atoms with Crippen molar-refractivity contribution < 1.29 is 18.0 Å². The zero-order valence-corrected chi connectivity index (χ0v) is 23.9. The Bertz CT molecular complexity index is 1160. The van der Waals surface area contributed by atoms with Gasteiger partial charge < -0.3 is 10.2 Å². The Hall–Kier alpha value is -2.87. The number of hydrogen-bond acceptors (Lipinski definition) is 4. The molecule has 0 aliphatic carbocycles. The van der Waals surface area contributed by atoms with Crippen molar-refractivity contribution in [1.29, 1.82) is 0 Å². The second-order valence-electron chi connectivity index (χ2n) is 11.5. The third-order valence-corrected chi connectivity index (χ3v) is 6.98. The molecule has 0 radical (unpaired) electrons. The third-order valence-electron chi connectivity index (χ3n) is 5.84. The first-order valence-electron chi connectivity index (χ1n) is 12.1. The van der Waals surface area contributed by atoms with Crippen LogP contribution >= 0.6 is 0 Å². The lowest BCUT2D eigenvalue weighted by Gasteiger charge is -2.33. The van der Waals surface area contributed by atoms with E-state index in [2.05, 4.69) is 26.1 Å². The molecule has 8 heteroatoms. The van der Waals surface area contributed by atoms with Crippen molar-refractivity contribution in [2.75, 3.05) is 17.1 Å². The summed E-state index contributed by atoms with van der Waals surface area (Å²) in [6, 6.07) is 14.1. The molecule has 0 aliphatic rings. The van der Waals surface area contributed by atoms with Gasteiger partial charge in [0.05, 0.1) is 11.9 Å². The first-order valence-corrected chi connectivity index (χ1v) is 14.0. The normalized spacial score (nSPS) is 13.1. The van der Waals surface area contributed by atoms with Gasteiger partial charge in [0, 0.05) is 12.1 Å². The lowest BCUT2D eigenvalue weighted by molar-refractivity contribution is -0.140. The molecule has 1 unspecified atom stereocenters. The topological polar surface area (TPSA) is 86.8 Å². The quantitative estimate of drug-likeness (QED) is 0.565. The molecular weight excluding hydrogens is 474 g/mol. The smallest absolute Gasteiger partial charge is 0.244 e. The molecule has 1 atom stereocenters. The van der Waals surface area contributed by atoms with Crippen LogP contribution in [0.5, 0.6) is 0 Å². The Morgan fingerprint density at radius 1 is 0.917 bits per heavy atom. The van der Waals surface area contributed by atoms with Gasteiger partial charge in [-0.15, -0.1) is 0 Å². The van der Waals surface area contributed by atoms with Crippen molar-refractivity contribution in [2.24, 2.45) is 0 Å². The molecule has 0 saturated carbocycles. The molecule has 2 aromatic rings. The summed E-state index contributed by atoms with van der Waals surface area (Å²) in [4.78, 5) is 28.1.